The molecule has 168 valence electrons. The molecule has 0 aliphatic carbocycles. The number of hydrogen-bond donors (Lipinski definition) is 2. The minimum absolute atomic E-state index is 0.176. The molecular formula is C24H30N6O2. The molecule has 32 heavy (non-hydrogen) atoms. The first-order valence-electron chi connectivity index (χ1n) is 11.6. The van der Waals surface area contributed by atoms with Crippen LogP contribution in [0.25, 0.3) is 11.2 Å². The van der Waals surface area contributed by atoms with Gasteiger partial charge in [0, 0.05) is 38.9 Å². The summed E-state index contributed by atoms with van der Waals surface area (Å²) >= 11 is 0. The number of anilines is 1. The number of nitrogens with one attached hydrogen (secondary N) is 2. The van der Waals surface area contributed by atoms with Crippen molar-refractivity contribution in [2.24, 2.45) is 0 Å². The number of benzene rings is 1. The Labute approximate surface area is 188 Å². The van der Waals surface area contributed by atoms with E-state index in [4.69, 9.17) is 4.74 Å². The van der Waals surface area contributed by atoms with E-state index >= 15 is 0 Å². The number of H-pyrrole nitrogens is 1. The lowest BCUT2D eigenvalue weighted by Gasteiger charge is -2.37. The number of nitrogens with zero attached hydrogens (tertiary/aromatic N) is 4. The van der Waals surface area contributed by atoms with E-state index in [0.29, 0.717) is 18.0 Å². The van der Waals surface area contributed by atoms with Gasteiger partial charge in [0.15, 0.2) is 11.5 Å². The van der Waals surface area contributed by atoms with Gasteiger partial charge in [-0.05, 0) is 56.0 Å². The lowest BCUT2D eigenvalue weighted by molar-refractivity contribution is 0.0943. The molecule has 8 heteroatoms. The normalized spacial score (nSPS) is 16.6. The van der Waals surface area contributed by atoms with Crippen molar-refractivity contribution in [2.75, 3.05) is 50.8 Å². The minimum Gasteiger partial charge on any atom is -0.491 e. The zero-order valence-corrected chi connectivity index (χ0v) is 18.3. The van der Waals surface area contributed by atoms with Gasteiger partial charge in [-0.2, -0.15) is 0 Å². The van der Waals surface area contributed by atoms with Crippen molar-refractivity contribution in [3.63, 3.8) is 0 Å². The fourth-order valence-corrected chi connectivity index (χ4v) is 4.53. The quantitative estimate of drug-likeness (QED) is 0.556. The highest BCUT2D eigenvalue weighted by atomic mass is 16.5. The molecule has 1 aromatic carbocycles. The summed E-state index contributed by atoms with van der Waals surface area (Å²) in [6.07, 6.45) is 5.91. The molecule has 0 atom stereocenters. The van der Waals surface area contributed by atoms with Crippen LogP contribution in [0.1, 0.15) is 35.4 Å². The summed E-state index contributed by atoms with van der Waals surface area (Å²) in [5, 5.41) is 2.95. The summed E-state index contributed by atoms with van der Waals surface area (Å²) < 4.78 is 5.99. The van der Waals surface area contributed by atoms with Crippen LogP contribution in [0.3, 0.4) is 0 Å². The zero-order chi connectivity index (χ0) is 21.8. The monoisotopic (exact) mass is 434 g/mol. The molecule has 0 bridgehead atoms. The predicted octanol–water partition coefficient (Wildman–Crippen LogP) is 2.62. The van der Waals surface area contributed by atoms with Crippen LogP contribution in [0.15, 0.2) is 36.5 Å². The van der Waals surface area contributed by atoms with Crippen molar-refractivity contribution in [1.29, 1.82) is 0 Å². The number of imidazole rings is 1. The van der Waals surface area contributed by atoms with Crippen molar-refractivity contribution in [2.45, 2.75) is 25.7 Å². The van der Waals surface area contributed by atoms with E-state index in [1.807, 2.05) is 12.1 Å². The number of piperazine rings is 1. The number of fused-ring (bicyclic) bond motifs is 2. The van der Waals surface area contributed by atoms with Crippen LogP contribution in [0.2, 0.25) is 0 Å². The Morgan fingerprint density at radius 1 is 1.12 bits per heavy atom. The highest BCUT2D eigenvalue weighted by Crippen LogP contribution is 2.35. The van der Waals surface area contributed by atoms with Gasteiger partial charge in [0.25, 0.3) is 5.91 Å². The van der Waals surface area contributed by atoms with Gasteiger partial charge in [0.2, 0.25) is 0 Å². The van der Waals surface area contributed by atoms with E-state index in [1.165, 1.54) is 11.3 Å². The number of aromatic amines is 1. The Bertz CT molecular complexity index is 1040. The molecule has 3 aromatic rings. The summed E-state index contributed by atoms with van der Waals surface area (Å²) in [5.41, 5.74) is 3.95. The third kappa shape index (κ3) is 4.55. The van der Waals surface area contributed by atoms with Crippen molar-refractivity contribution in [3.8, 4) is 5.75 Å². The van der Waals surface area contributed by atoms with Crippen LogP contribution < -0.4 is 15.0 Å². The molecule has 2 aromatic heterocycles. The number of rotatable bonds is 7. The van der Waals surface area contributed by atoms with Gasteiger partial charge < -0.3 is 19.9 Å². The Kier molecular flexibility index (Phi) is 6.20. The first kappa shape index (κ1) is 20.8. The van der Waals surface area contributed by atoms with Crippen LogP contribution in [-0.2, 0) is 6.42 Å². The van der Waals surface area contributed by atoms with E-state index < -0.39 is 0 Å². The predicted molar refractivity (Wildman–Crippen MR) is 124 cm³/mol. The van der Waals surface area contributed by atoms with Crippen LogP contribution in [-0.4, -0.2) is 71.6 Å². The van der Waals surface area contributed by atoms with Gasteiger partial charge in [0.05, 0.1) is 17.8 Å². The summed E-state index contributed by atoms with van der Waals surface area (Å²) in [4.78, 5) is 28.7. The highest BCUT2D eigenvalue weighted by molar-refractivity contribution is 5.93. The Morgan fingerprint density at radius 2 is 2.03 bits per heavy atom. The molecule has 5 rings (SSSR count). The zero-order valence-electron chi connectivity index (χ0n) is 18.3. The largest absolute Gasteiger partial charge is 0.491 e. The summed E-state index contributed by atoms with van der Waals surface area (Å²) in [5.74, 6) is 1.25. The van der Waals surface area contributed by atoms with E-state index in [9.17, 15) is 4.79 Å². The minimum atomic E-state index is -0.176. The molecule has 1 saturated heterocycles. The maximum atomic E-state index is 12.3. The number of unbranched alkanes of at least 4 members (excludes halogenated alkanes) is 1. The molecule has 0 radical (unpaired) electrons. The molecule has 2 aliphatic heterocycles. The standard InChI is InChI=1S/C24H30N6O2/c31-24(23-27-19-8-4-11-25-22(19)28-23)26-10-1-2-12-29-13-15-30(16-14-29)20-9-3-6-18-7-5-17-32-21(18)20/h3-4,6,8-9,11H,1-2,5,7,10,12-17H2,(H,26,31)(H,25,27,28). The molecule has 8 nitrogen and oxygen atoms in total. The Hall–Kier alpha value is -3.13. The number of aryl methyl sites for hydroxylation is 1. The number of carbonyl (C=O) groups is 1. The van der Waals surface area contributed by atoms with Gasteiger partial charge in [-0.3, -0.25) is 9.69 Å². The van der Waals surface area contributed by atoms with E-state index in [2.05, 4.69) is 48.3 Å². The lowest BCUT2D eigenvalue weighted by Crippen LogP contribution is -2.47. The van der Waals surface area contributed by atoms with Gasteiger partial charge >= 0.3 is 0 Å². The average molecular weight is 435 g/mol. The first-order valence-corrected chi connectivity index (χ1v) is 11.6. The van der Waals surface area contributed by atoms with Crippen LogP contribution in [0.5, 0.6) is 5.75 Å². The summed E-state index contributed by atoms with van der Waals surface area (Å²) in [7, 11) is 0. The summed E-state index contributed by atoms with van der Waals surface area (Å²) in [6, 6.07) is 10.2. The van der Waals surface area contributed by atoms with Crippen LogP contribution in [0.4, 0.5) is 5.69 Å². The average Bonchev–Trinajstić information content (AvgIpc) is 3.28. The molecule has 4 heterocycles. The SMILES string of the molecule is O=C(NCCCCN1CCN(c2cccc3c2OCCC3)CC1)c1nc2ncccc2[nH]1. The smallest absolute Gasteiger partial charge is 0.287 e. The highest BCUT2D eigenvalue weighted by Gasteiger charge is 2.22. The topological polar surface area (TPSA) is 86.4 Å². The maximum Gasteiger partial charge on any atom is 0.287 e. The van der Waals surface area contributed by atoms with Crippen molar-refractivity contribution in [3.05, 3.63) is 47.9 Å². The van der Waals surface area contributed by atoms with E-state index in [1.54, 1.807) is 6.20 Å². The molecule has 0 spiro atoms. The molecule has 1 fully saturated rings. The Balaban J connectivity index is 1.03. The fourth-order valence-electron chi connectivity index (χ4n) is 4.53. The molecular weight excluding hydrogens is 404 g/mol. The van der Waals surface area contributed by atoms with Crippen molar-refractivity contribution in [1.82, 2.24) is 25.2 Å². The molecule has 0 saturated carbocycles. The van der Waals surface area contributed by atoms with Crippen molar-refractivity contribution >= 4 is 22.8 Å². The third-order valence-electron chi connectivity index (χ3n) is 6.28. The number of carbonyl (C=O) groups excluding carboxylic acids is 1. The van der Waals surface area contributed by atoms with Crippen LogP contribution in [0, 0.1) is 0 Å². The van der Waals surface area contributed by atoms with Crippen LogP contribution >= 0.6 is 0 Å². The van der Waals surface area contributed by atoms with Crippen molar-refractivity contribution < 1.29 is 9.53 Å². The number of pyridine rings is 1. The third-order valence-corrected chi connectivity index (χ3v) is 6.28. The fraction of sp³-hybridized carbons (Fsp3) is 0.458. The maximum absolute atomic E-state index is 12.3. The number of ether oxygens (including phenoxy) is 1. The second-order valence-electron chi connectivity index (χ2n) is 8.47. The molecule has 1 amide bonds. The number of amides is 1. The molecule has 0 unspecified atom stereocenters. The van der Waals surface area contributed by atoms with E-state index in [0.717, 1.165) is 76.3 Å². The number of para-hydroxylation sites is 1. The second kappa shape index (κ2) is 9.56. The Morgan fingerprint density at radius 3 is 2.91 bits per heavy atom. The van der Waals surface area contributed by atoms with E-state index in [-0.39, 0.29) is 5.91 Å². The number of aromatic nitrogens is 3. The first-order chi connectivity index (χ1) is 15.8. The van der Waals surface area contributed by atoms with Gasteiger partial charge in [-0.15, -0.1) is 0 Å². The van der Waals surface area contributed by atoms with Gasteiger partial charge in [-0.25, -0.2) is 9.97 Å². The molecule has 2 N–H and O–H groups in total. The number of hydrogen-bond acceptors (Lipinski definition) is 6. The van der Waals surface area contributed by atoms with Gasteiger partial charge in [0.1, 0.15) is 5.75 Å². The van der Waals surface area contributed by atoms with Gasteiger partial charge in [-0.1, -0.05) is 12.1 Å². The summed E-state index contributed by atoms with van der Waals surface area (Å²) in [6.45, 7) is 6.70. The lowest BCUT2D eigenvalue weighted by atomic mass is 10.0. The second-order valence-corrected chi connectivity index (χ2v) is 8.47. The molecule has 2 aliphatic rings.